The lowest BCUT2D eigenvalue weighted by Gasteiger charge is -2.25. The van der Waals surface area contributed by atoms with Crippen LogP contribution in [0.25, 0.3) is 0 Å². The normalized spacial score (nSPS) is 11.8. The number of nitrogens with one attached hydrogen (secondary N) is 1. The number of halogens is 1. The predicted octanol–water partition coefficient (Wildman–Crippen LogP) is 2.34. The lowest BCUT2D eigenvalue weighted by atomic mass is 10.1. The fourth-order valence-electron chi connectivity index (χ4n) is 2.02. The number of rotatable bonds is 4. The molecule has 0 aliphatic carbocycles. The molecule has 0 aliphatic rings. The maximum absolute atomic E-state index is 13.8. The van der Waals surface area contributed by atoms with Gasteiger partial charge in [0.15, 0.2) is 0 Å². The van der Waals surface area contributed by atoms with Crippen molar-refractivity contribution in [1.82, 2.24) is 9.88 Å². The summed E-state index contributed by atoms with van der Waals surface area (Å²) in [5, 5.41) is 0. The summed E-state index contributed by atoms with van der Waals surface area (Å²) in [6, 6.07) is 9.19. The molecule has 2 aromatic rings. The van der Waals surface area contributed by atoms with E-state index >= 15 is 0 Å². The van der Waals surface area contributed by atoms with Crippen LogP contribution in [-0.2, 0) is 0 Å². The maximum Gasteiger partial charge on any atom is 0.272 e. The Morgan fingerprint density at radius 3 is 2.76 bits per heavy atom. The number of hydrogen-bond acceptors (Lipinski definition) is 4. The van der Waals surface area contributed by atoms with Gasteiger partial charge in [-0.3, -0.25) is 15.6 Å². The Hall–Kier alpha value is -2.47. The number of anilines is 1. The molecule has 3 N–H and O–H groups in total. The van der Waals surface area contributed by atoms with Crippen molar-refractivity contribution in [2.24, 2.45) is 5.84 Å². The fourth-order valence-corrected chi connectivity index (χ4v) is 2.02. The quantitative estimate of drug-likeness (QED) is 0.669. The van der Waals surface area contributed by atoms with Gasteiger partial charge < -0.3 is 10.3 Å². The van der Waals surface area contributed by atoms with E-state index in [1.807, 2.05) is 0 Å². The van der Waals surface area contributed by atoms with E-state index in [0.29, 0.717) is 11.3 Å². The van der Waals surface area contributed by atoms with Crippen molar-refractivity contribution in [3.63, 3.8) is 0 Å². The molecule has 1 atom stereocenters. The van der Waals surface area contributed by atoms with Gasteiger partial charge in [-0.15, -0.1) is 0 Å². The molecule has 1 aromatic heterocycles. The number of nitrogens with zero attached hydrogens (tertiary/aromatic N) is 2. The van der Waals surface area contributed by atoms with E-state index in [-0.39, 0.29) is 17.4 Å². The van der Waals surface area contributed by atoms with Crippen LogP contribution in [0.15, 0.2) is 42.6 Å². The first-order chi connectivity index (χ1) is 10.0. The summed E-state index contributed by atoms with van der Waals surface area (Å²) < 4.78 is 13.8. The Morgan fingerprint density at radius 2 is 2.10 bits per heavy atom. The summed E-state index contributed by atoms with van der Waals surface area (Å²) in [6.45, 7) is 1.77. The van der Waals surface area contributed by atoms with Crippen LogP contribution in [0.5, 0.6) is 0 Å². The van der Waals surface area contributed by atoms with Crippen molar-refractivity contribution in [2.45, 2.75) is 13.0 Å². The minimum atomic E-state index is -0.407. The van der Waals surface area contributed by atoms with Crippen molar-refractivity contribution < 1.29 is 9.18 Å². The van der Waals surface area contributed by atoms with Crippen molar-refractivity contribution in [3.05, 3.63) is 59.7 Å². The lowest BCUT2D eigenvalue weighted by Crippen LogP contribution is -2.30. The van der Waals surface area contributed by atoms with Crippen LogP contribution in [0.2, 0.25) is 0 Å². The first kappa shape index (κ1) is 14.9. The summed E-state index contributed by atoms with van der Waals surface area (Å²) in [5.41, 5.74) is 3.75. The van der Waals surface area contributed by atoms with Crippen LogP contribution >= 0.6 is 0 Å². The van der Waals surface area contributed by atoms with E-state index in [1.54, 1.807) is 44.3 Å². The van der Waals surface area contributed by atoms with Crippen molar-refractivity contribution in [3.8, 4) is 0 Å². The van der Waals surface area contributed by atoms with Gasteiger partial charge in [-0.05, 0) is 25.1 Å². The topological polar surface area (TPSA) is 71.2 Å². The molecule has 0 fully saturated rings. The molecule has 0 saturated heterocycles. The average molecular weight is 288 g/mol. The number of hydrogen-bond donors (Lipinski definition) is 2. The zero-order chi connectivity index (χ0) is 15.4. The van der Waals surface area contributed by atoms with E-state index in [9.17, 15) is 9.18 Å². The number of benzene rings is 1. The summed E-state index contributed by atoms with van der Waals surface area (Å²) in [5.74, 6) is 4.67. The summed E-state index contributed by atoms with van der Waals surface area (Å²) in [4.78, 5) is 17.9. The van der Waals surface area contributed by atoms with E-state index in [2.05, 4.69) is 10.4 Å². The van der Waals surface area contributed by atoms with E-state index < -0.39 is 6.04 Å². The molecular formula is C15H17FN4O. The Balaban J connectivity index is 2.24. The molecule has 1 heterocycles. The number of nitrogen functional groups attached to an aromatic ring is 1. The number of amides is 1. The van der Waals surface area contributed by atoms with Gasteiger partial charge in [0.05, 0.1) is 11.7 Å². The van der Waals surface area contributed by atoms with Gasteiger partial charge in [0.1, 0.15) is 11.5 Å². The summed E-state index contributed by atoms with van der Waals surface area (Å²) in [7, 11) is 1.61. The second kappa shape index (κ2) is 6.32. The average Bonchev–Trinajstić information content (AvgIpc) is 2.53. The highest BCUT2D eigenvalue weighted by Gasteiger charge is 2.22. The van der Waals surface area contributed by atoms with E-state index in [4.69, 9.17) is 5.84 Å². The van der Waals surface area contributed by atoms with E-state index in [0.717, 1.165) is 0 Å². The van der Waals surface area contributed by atoms with Gasteiger partial charge in [-0.1, -0.05) is 18.2 Å². The Morgan fingerprint density at radius 1 is 1.38 bits per heavy atom. The Bertz CT molecular complexity index is 647. The molecular weight excluding hydrogens is 271 g/mol. The molecule has 6 heteroatoms. The number of hydrazine groups is 1. The van der Waals surface area contributed by atoms with Crippen LogP contribution < -0.4 is 11.3 Å². The minimum absolute atomic E-state index is 0.246. The number of pyridine rings is 1. The van der Waals surface area contributed by atoms with E-state index in [1.165, 1.54) is 17.2 Å². The van der Waals surface area contributed by atoms with Gasteiger partial charge in [0.2, 0.25) is 0 Å². The number of carbonyl (C=O) groups is 1. The molecule has 110 valence electrons. The fraction of sp³-hybridized carbons (Fsp3) is 0.200. The van der Waals surface area contributed by atoms with Gasteiger partial charge in [-0.25, -0.2) is 4.39 Å². The number of aromatic nitrogens is 1. The molecule has 0 spiro atoms. The lowest BCUT2D eigenvalue weighted by molar-refractivity contribution is 0.0734. The first-order valence-electron chi connectivity index (χ1n) is 6.49. The third-order valence-corrected chi connectivity index (χ3v) is 3.40. The van der Waals surface area contributed by atoms with Crippen molar-refractivity contribution in [2.75, 3.05) is 12.5 Å². The van der Waals surface area contributed by atoms with Gasteiger partial charge >= 0.3 is 0 Å². The summed E-state index contributed by atoms with van der Waals surface area (Å²) >= 11 is 0. The first-order valence-corrected chi connectivity index (χ1v) is 6.49. The maximum atomic E-state index is 13.8. The third-order valence-electron chi connectivity index (χ3n) is 3.40. The highest BCUT2D eigenvalue weighted by molar-refractivity contribution is 5.93. The largest absolute Gasteiger partial charge is 0.334 e. The van der Waals surface area contributed by atoms with Crippen molar-refractivity contribution >= 4 is 11.6 Å². The molecule has 0 radical (unpaired) electrons. The van der Waals surface area contributed by atoms with Gasteiger partial charge in [-0.2, -0.15) is 0 Å². The van der Waals surface area contributed by atoms with Crippen LogP contribution in [0.4, 0.5) is 10.1 Å². The van der Waals surface area contributed by atoms with Crippen LogP contribution in [0.3, 0.4) is 0 Å². The van der Waals surface area contributed by atoms with Crippen LogP contribution in [-0.4, -0.2) is 22.8 Å². The standard InChI is InChI=1S/C15H17FN4O/c1-10(12-5-3-4-6-13(12)16)20(2)15(21)14-9-11(19-17)7-8-18-14/h3-10H,17H2,1-2H3,(H,18,19). The number of nitrogens with two attached hydrogens (primary N) is 1. The molecule has 21 heavy (non-hydrogen) atoms. The summed E-state index contributed by atoms with van der Waals surface area (Å²) in [6.07, 6.45) is 1.49. The minimum Gasteiger partial charge on any atom is -0.334 e. The highest BCUT2D eigenvalue weighted by atomic mass is 19.1. The van der Waals surface area contributed by atoms with Crippen LogP contribution in [0, 0.1) is 5.82 Å². The molecule has 1 amide bonds. The molecule has 2 rings (SSSR count). The second-order valence-electron chi connectivity index (χ2n) is 4.69. The smallest absolute Gasteiger partial charge is 0.272 e. The molecule has 1 aromatic carbocycles. The second-order valence-corrected chi connectivity index (χ2v) is 4.69. The zero-order valence-corrected chi connectivity index (χ0v) is 11.9. The van der Waals surface area contributed by atoms with Gasteiger partial charge in [0.25, 0.3) is 5.91 Å². The Kier molecular flexibility index (Phi) is 4.49. The van der Waals surface area contributed by atoms with Crippen LogP contribution in [0.1, 0.15) is 29.0 Å². The molecule has 0 aliphatic heterocycles. The molecule has 0 bridgehead atoms. The van der Waals surface area contributed by atoms with Crippen molar-refractivity contribution in [1.29, 1.82) is 0 Å². The Labute approximate surface area is 122 Å². The van der Waals surface area contributed by atoms with Gasteiger partial charge in [0, 0.05) is 18.8 Å². The highest BCUT2D eigenvalue weighted by Crippen LogP contribution is 2.23. The SMILES string of the molecule is CC(c1ccccc1F)N(C)C(=O)c1cc(NN)ccn1. The number of carbonyl (C=O) groups excluding carboxylic acids is 1. The molecule has 5 nitrogen and oxygen atoms in total. The molecule has 0 saturated carbocycles. The zero-order valence-electron chi connectivity index (χ0n) is 11.9. The predicted molar refractivity (Wildman–Crippen MR) is 79.0 cm³/mol. The third kappa shape index (κ3) is 3.17. The molecule has 1 unspecified atom stereocenters. The monoisotopic (exact) mass is 288 g/mol.